The van der Waals surface area contributed by atoms with E-state index in [1.54, 1.807) is 6.08 Å². The Morgan fingerprint density at radius 3 is 1.07 bits per heavy atom. The molecular weight excluding hydrogens is 887 g/mol. The minimum Gasteiger partial charge on any atom is -0.466 e. The van der Waals surface area contributed by atoms with Crippen molar-refractivity contribution >= 4 is 11.9 Å². The predicted octanol–water partition coefficient (Wildman–Crippen LogP) is 20.1. The van der Waals surface area contributed by atoms with Crippen molar-refractivity contribution in [2.75, 3.05) is 13.2 Å². The topological polar surface area (TPSA) is 95.9 Å². The minimum absolute atomic E-state index is 0.00540. The summed E-state index contributed by atoms with van der Waals surface area (Å²) in [5.41, 5.74) is 0. The quantitative estimate of drug-likeness (QED) is 0.0320. The molecule has 72 heavy (non-hydrogen) atoms. The number of unbranched alkanes of at least 4 members (excludes halogenated alkanes) is 42. The first kappa shape index (κ1) is 69.8. The lowest BCUT2D eigenvalue weighted by molar-refractivity contribution is -0.143. The van der Waals surface area contributed by atoms with E-state index in [0.29, 0.717) is 19.4 Å². The van der Waals surface area contributed by atoms with Gasteiger partial charge in [-0.25, -0.2) is 0 Å². The van der Waals surface area contributed by atoms with Gasteiger partial charge in [-0.2, -0.15) is 0 Å². The van der Waals surface area contributed by atoms with E-state index in [1.807, 2.05) is 6.08 Å². The molecule has 422 valence electrons. The van der Waals surface area contributed by atoms with Gasteiger partial charge < -0.3 is 20.3 Å². The lowest BCUT2D eigenvalue weighted by atomic mass is 10.0. The molecule has 2 atom stereocenters. The molecule has 0 spiro atoms. The Bertz CT molecular complexity index is 1210. The van der Waals surface area contributed by atoms with Gasteiger partial charge in [-0.05, 0) is 89.9 Å². The number of rotatable bonds is 59. The van der Waals surface area contributed by atoms with Crippen LogP contribution in [0.1, 0.15) is 335 Å². The summed E-state index contributed by atoms with van der Waals surface area (Å²) < 4.78 is 5.49. The summed E-state index contributed by atoms with van der Waals surface area (Å²) in [5, 5.41) is 23.0. The van der Waals surface area contributed by atoms with Crippen molar-refractivity contribution in [3.05, 3.63) is 48.6 Å². The van der Waals surface area contributed by atoms with E-state index in [-0.39, 0.29) is 18.5 Å². The van der Waals surface area contributed by atoms with Gasteiger partial charge in [-0.15, -0.1) is 0 Å². The molecule has 0 heterocycles. The van der Waals surface area contributed by atoms with Gasteiger partial charge in [0.05, 0.1) is 25.4 Å². The molecule has 1 amide bonds. The summed E-state index contributed by atoms with van der Waals surface area (Å²) in [4.78, 5) is 24.5. The number of carbonyl (C=O) groups is 2. The van der Waals surface area contributed by atoms with E-state index in [0.717, 1.165) is 51.4 Å². The van der Waals surface area contributed by atoms with Gasteiger partial charge in [0.15, 0.2) is 0 Å². The highest BCUT2D eigenvalue weighted by atomic mass is 16.5. The van der Waals surface area contributed by atoms with Crippen molar-refractivity contribution in [2.24, 2.45) is 0 Å². The lowest BCUT2D eigenvalue weighted by Crippen LogP contribution is -2.45. The number of carbonyl (C=O) groups excluding carboxylic acids is 2. The summed E-state index contributed by atoms with van der Waals surface area (Å²) in [7, 11) is 0. The molecule has 0 saturated heterocycles. The molecule has 6 nitrogen and oxygen atoms in total. The fourth-order valence-electron chi connectivity index (χ4n) is 9.66. The number of ether oxygens (including phenoxy) is 1. The second-order valence-electron chi connectivity index (χ2n) is 21.7. The molecule has 3 N–H and O–H groups in total. The SMILES string of the molecule is CCCCCCCCC/C=C\CCCCCCCCCC(=O)OCCCCCCCCCCC/C=C\C/C=C\CCCCCCCCCCCC(=O)NC(CO)C(O)/C=C/CCCCCCCCCCCC. The first-order chi connectivity index (χ1) is 35.5. The van der Waals surface area contributed by atoms with E-state index in [1.165, 1.54) is 257 Å². The molecule has 0 aliphatic heterocycles. The highest BCUT2D eigenvalue weighted by molar-refractivity contribution is 5.76. The van der Waals surface area contributed by atoms with Crippen molar-refractivity contribution in [2.45, 2.75) is 347 Å². The zero-order chi connectivity index (χ0) is 52.2. The van der Waals surface area contributed by atoms with Gasteiger partial charge in [0, 0.05) is 12.8 Å². The third kappa shape index (κ3) is 57.1. The molecule has 0 aromatic heterocycles. The number of nitrogens with one attached hydrogen (secondary N) is 1. The summed E-state index contributed by atoms with van der Waals surface area (Å²) in [6.45, 7) is 4.89. The third-order valence-corrected chi connectivity index (χ3v) is 14.6. The smallest absolute Gasteiger partial charge is 0.305 e. The van der Waals surface area contributed by atoms with Gasteiger partial charge in [-0.1, -0.05) is 281 Å². The maximum atomic E-state index is 12.4. The van der Waals surface area contributed by atoms with E-state index in [2.05, 4.69) is 55.6 Å². The summed E-state index contributed by atoms with van der Waals surface area (Å²) in [6.07, 6.45) is 78.7. The molecule has 2 unspecified atom stereocenters. The van der Waals surface area contributed by atoms with Crippen LogP contribution in [0.15, 0.2) is 48.6 Å². The van der Waals surface area contributed by atoms with E-state index >= 15 is 0 Å². The van der Waals surface area contributed by atoms with Crippen LogP contribution in [0.2, 0.25) is 0 Å². The largest absolute Gasteiger partial charge is 0.466 e. The van der Waals surface area contributed by atoms with Crippen LogP contribution < -0.4 is 5.32 Å². The second-order valence-corrected chi connectivity index (χ2v) is 21.7. The normalized spacial score (nSPS) is 12.9. The highest BCUT2D eigenvalue weighted by Crippen LogP contribution is 2.16. The van der Waals surface area contributed by atoms with Gasteiger partial charge in [0.1, 0.15) is 0 Å². The number of amides is 1. The molecule has 0 radical (unpaired) electrons. The minimum atomic E-state index is -0.848. The molecule has 6 heteroatoms. The number of allylic oxidation sites excluding steroid dienone is 7. The van der Waals surface area contributed by atoms with Crippen LogP contribution >= 0.6 is 0 Å². The molecule has 0 rings (SSSR count). The Kier molecular flexibility index (Phi) is 59.5. The van der Waals surface area contributed by atoms with E-state index < -0.39 is 12.1 Å². The number of hydrogen-bond acceptors (Lipinski definition) is 5. The van der Waals surface area contributed by atoms with Crippen LogP contribution in [0.3, 0.4) is 0 Å². The Morgan fingerprint density at radius 1 is 0.389 bits per heavy atom. The van der Waals surface area contributed by atoms with Crippen LogP contribution in [0.25, 0.3) is 0 Å². The number of aliphatic hydroxyl groups is 2. The lowest BCUT2D eigenvalue weighted by Gasteiger charge is -2.20. The summed E-state index contributed by atoms with van der Waals surface area (Å²) in [6, 6.07) is -0.632. The molecule has 0 bridgehead atoms. The van der Waals surface area contributed by atoms with Crippen LogP contribution in [0.5, 0.6) is 0 Å². The van der Waals surface area contributed by atoms with Gasteiger partial charge in [0.25, 0.3) is 0 Å². The molecule has 0 aromatic rings. The van der Waals surface area contributed by atoms with Crippen LogP contribution in [0.4, 0.5) is 0 Å². The van der Waals surface area contributed by atoms with Crippen molar-refractivity contribution in [3.8, 4) is 0 Å². The standard InChI is InChI=1S/C66H123NO5/c1-3-5-7-9-11-13-15-17-18-19-30-33-36-40-44-48-52-56-60-66(71)72-61-57-53-49-45-41-37-34-31-28-26-24-22-20-21-23-25-27-29-32-35-39-43-47-51-55-59-65(70)67-63(62-68)64(69)58-54-50-46-42-38-16-14-12-10-8-6-4-2/h18-19,21-24,54,58,63-64,68-69H,3-17,20,25-53,55-57,59-62H2,1-2H3,(H,67,70)/b19-18-,23-21-,24-22-,58-54+. The predicted molar refractivity (Wildman–Crippen MR) is 315 cm³/mol. The van der Waals surface area contributed by atoms with E-state index in [4.69, 9.17) is 4.74 Å². The Morgan fingerprint density at radius 2 is 0.694 bits per heavy atom. The van der Waals surface area contributed by atoms with Crippen LogP contribution in [-0.4, -0.2) is 47.4 Å². The van der Waals surface area contributed by atoms with Crippen molar-refractivity contribution in [3.63, 3.8) is 0 Å². The van der Waals surface area contributed by atoms with Crippen molar-refractivity contribution in [1.29, 1.82) is 0 Å². The Hall–Kier alpha value is -2.18. The van der Waals surface area contributed by atoms with E-state index in [9.17, 15) is 19.8 Å². The fraction of sp³-hybridized carbons (Fsp3) is 0.848. The Labute approximate surface area is 448 Å². The van der Waals surface area contributed by atoms with Gasteiger partial charge >= 0.3 is 5.97 Å². The second kappa shape index (κ2) is 61.4. The number of esters is 1. The average Bonchev–Trinajstić information content (AvgIpc) is 3.38. The van der Waals surface area contributed by atoms with Gasteiger partial charge in [-0.3, -0.25) is 9.59 Å². The molecule has 0 aromatic carbocycles. The first-order valence-corrected chi connectivity index (χ1v) is 31.9. The fourth-order valence-corrected chi connectivity index (χ4v) is 9.66. The monoisotopic (exact) mass is 1010 g/mol. The molecule has 0 fully saturated rings. The Balaban J connectivity index is 3.43. The zero-order valence-corrected chi connectivity index (χ0v) is 48.2. The summed E-state index contributed by atoms with van der Waals surface area (Å²) in [5.74, 6) is -0.0695. The average molecular weight is 1010 g/mol. The maximum Gasteiger partial charge on any atom is 0.305 e. The third-order valence-electron chi connectivity index (χ3n) is 14.6. The molecular formula is C66H123NO5. The molecule has 0 saturated carbocycles. The van der Waals surface area contributed by atoms with Crippen molar-refractivity contribution < 1.29 is 24.5 Å². The number of hydrogen-bond donors (Lipinski definition) is 3. The first-order valence-electron chi connectivity index (χ1n) is 31.9. The maximum absolute atomic E-state index is 12.4. The van der Waals surface area contributed by atoms with Crippen molar-refractivity contribution in [1.82, 2.24) is 5.32 Å². The van der Waals surface area contributed by atoms with Crippen LogP contribution in [0, 0.1) is 0 Å². The van der Waals surface area contributed by atoms with Gasteiger partial charge in [0.2, 0.25) is 5.91 Å². The molecule has 0 aliphatic carbocycles. The molecule has 0 aliphatic rings. The summed E-state index contributed by atoms with van der Waals surface area (Å²) >= 11 is 0. The van der Waals surface area contributed by atoms with Crippen LogP contribution in [-0.2, 0) is 14.3 Å². The zero-order valence-electron chi connectivity index (χ0n) is 48.2. The number of aliphatic hydroxyl groups excluding tert-OH is 2. The highest BCUT2D eigenvalue weighted by Gasteiger charge is 2.18.